The molecule has 0 bridgehead atoms. The van der Waals surface area contributed by atoms with Crippen LogP contribution in [-0.4, -0.2) is 56.3 Å². The van der Waals surface area contributed by atoms with Crippen LogP contribution in [0.1, 0.15) is 26.7 Å². The third-order valence-electron chi connectivity index (χ3n) is 4.55. The number of carbonyl (C=O) groups excluding carboxylic acids is 2. The number of hydrogen-bond acceptors (Lipinski definition) is 4. The van der Waals surface area contributed by atoms with Crippen molar-refractivity contribution < 1.29 is 19.1 Å². The lowest BCUT2D eigenvalue weighted by Gasteiger charge is -2.32. The minimum absolute atomic E-state index is 0.0128. The van der Waals surface area contributed by atoms with E-state index in [-0.39, 0.29) is 23.9 Å². The second-order valence-electron chi connectivity index (χ2n) is 7.33. The van der Waals surface area contributed by atoms with Crippen LogP contribution in [0.4, 0.5) is 10.5 Å². The molecule has 1 aliphatic heterocycles. The van der Waals surface area contributed by atoms with Gasteiger partial charge in [0, 0.05) is 37.8 Å². The van der Waals surface area contributed by atoms with Gasteiger partial charge in [0.2, 0.25) is 5.91 Å². The maximum absolute atomic E-state index is 12.5. The Morgan fingerprint density at radius 3 is 2.46 bits per heavy atom. The van der Waals surface area contributed by atoms with Crippen molar-refractivity contribution in [3.63, 3.8) is 0 Å². The normalized spacial score (nSPS) is 15.6. The van der Waals surface area contributed by atoms with Crippen molar-refractivity contribution in [2.75, 3.05) is 38.7 Å². The number of rotatable bonds is 8. The summed E-state index contributed by atoms with van der Waals surface area (Å²) in [6.45, 7) is 9.70. The molecule has 0 radical (unpaired) electrons. The first-order chi connectivity index (χ1) is 13.4. The fourth-order valence-electron chi connectivity index (χ4n) is 3.04. The highest BCUT2D eigenvalue weighted by Gasteiger charge is 2.28. The Labute approximate surface area is 167 Å². The van der Waals surface area contributed by atoms with Gasteiger partial charge in [-0.1, -0.05) is 6.58 Å². The number of amides is 3. The maximum Gasteiger partial charge on any atom is 0.321 e. The Kier molecular flexibility index (Phi) is 8.32. The van der Waals surface area contributed by atoms with Gasteiger partial charge < -0.3 is 25.0 Å². The molecule has 1 aliphatic rings. The van der Waals surface area contributed by atoms with E-state index in [0.29, 0.717) is 44.8 Å². The lowest BCUT2D eigenvalue weighted by molar-refractivity contribution is -0.127. The molecule has 3 amide bonds. The molecule has 0 spiro atoms. The van der Waals surface area contributed by atoms with Gasteiger partial charge in [0.1, 0.15) is 12.4 Å². The molecular weight excluding hydrogens is 358 g/mol. The number of nitrogens with zero attached hydrogens (tertiary/aromatic N) is 1. The molecule has 1 aromatic rings. The van der Waals surface area contributed by atoms with Crippen molar-refractivity contribution in [1.29, 1.82) is 0 Å². The average Bonchev–Trinajstić information content (AvgIpc) is 2.67. The number of hydrogen-bond donors (Lipinski definition) is 2. The molecule has 154 valence electrons. The van der Waals surface area contributed by atoms with Crippen LogP contribution in [0.25, 0.3) is 0 Å². The zero-order chi connectivity index (χ0) is 20.5. The Balaban J connectivity index is 1.77. The van der Waals surface area contributed by atoms with E-state index in [1.54, 1.807) is 12.0 Å². The largest absolute Gasteiger partial charge is 0.489 e. The van der Waals surface area contributed by atoms with Gasteiger partial charge in [0.05, 0.1) is 6.61 Å². The summed E-state index contributed by atoms with van der Waals surface area (Å²) in [6.07, 6.45) is 1.32. The van der Waals surface area contributed by atoms with Crippen LogP contribution in [0.2, 0.25) is 0 Å². The second kappa shape index (κ2) is 10.7. The number of piperidine rings is 1. The van der Waals surface area contributed by atoms with E-state index >= 15 is 0 Å². The van der Waals surface area contributed by atoms with Crippen LogP contribution in [0, 0.1) is 5.92 Å². The molecule has 7 nitrogen and oxygen atoms in total. The Hall–Kier alpha value is -2.54. The molecule has 1 heterocycles. The topological polar surface area (TPSA) is 79.9 Å². The van der Waals surface area contributed by atoms with Gasteiger partial charge in [-0.25, -0.2) is 4.79 Å². The van der Waals surface area contributed by atoms with Crippen LogP contribution in [0.15, 0.2) is 36.4 Å². The molecule has 1 atom stereocenters. The molecule has 0 unspecified atom stereocenters. The minimum atomic E-state index is -0.151. The monoisotopic (exact) mass is 389 g/mol. The van der Waals surface area contributed by atoms with E-state index in [4.69, 9.17) is 9.47 Å². The maximum atomic E-state index is 12.5. The molecular formula is C21H31N3O4. The lowest BCUT2D eigenvalue weighted by Crippen LogP contribution is -2.46. The summed E-state index contributed by atoms with van der Waals surface area (Å²) in [4.78, 5) is 26.5. The van der Waals surface area contributed by atoms with Crippen LogP contribution < -0.4 is 15.4 Å². The highest BCUT2D eigenvalue weighted by atomic mass is 16.5. The van der Waals surface area contributed by atoms with Gasteiger partial charge in [-0.3, -0.25) is 4.79 Å². The predicted octanol–water partition coefficient (Wildman–Crippen LogP) is 3.04. The summed E-state index contributed by atoms with van der Waals surface area (Å²) < 4.78 is 10.6. The van der Waals surface area contributed by atoms with Crippen LogP contribution in [0.5, 0.6) is 5.75 Å². The van der Waals surface area contributed by atoms with E-state index in [1.807, 2.05) is 38.1 Å². The number of nitrogens with one attached hydrogen (secondary N) is 2. The smallest absolute Gasteiger partial charge is 0.321 e. The van der Waals surface area contributed by atoms with E-state index in [1.165, 1.54) is 0 Å². The Bertz CT molecular complexity index is 667. The number of carbonyl (C=O) groups is 2. The fourth-order valence-corrected chi connectivity index (χ4v) is 3.04. The summed E-state index contributed by atoms with van der Waals surface area (Å²) in [6, 6.07) is 7.09. The molecule has 0 aromatic heterocycles. The predicted molar refractivity (Wildman–Crippen MR) is 110 cm³/mol. The van der Waals surface area contributed by atoms with Crippen molar-refractivity contribution in [1.82, 2.24) is 10.2 Å². The van der Waals surface area contributed by atoms with Crippen molar-refractivity contribution in [3.05, 3.63) is 36.4 Å². The van der Waals surface area contributed by atoms with Gasteiger partial charge in [-0.15, -0.1) is 0 Å². The van der Waals surface area contributed by atoms with Crippen LogP contribution in [-0.2, 0) is 9.53 Å². The molecule has 7 heteroatoms. The average molecular weight is 389 g/mol. The number of benzene rings is 1. The van der Waals surface area contributed by atoms with Gasteiger partial charge in [-0.2, -0.15) is 0 Å². The van der Waals surface area contributed by atoms with Crippen LogP contribution in [0.3, 0.4) is 0 Å². The SMILES string of the molecule is C=C(C)COc1ccc(NC(=O)N2CCC(C(=O)N[C@@H](C)COC)CC2)cc1. The van der Waals surface area contributed by atoms with Gasteiger partial charge in [-0.05, 0) is 56.5 Å². The van der Waals surface area contributed by atoms with E-state index in [9.17, 15) is 9.59 Å². The Morgan fingerprint density at radius 1 is 1.25 bits per heavy atom. The summed E-state index contributed by atoms with van der Waals surface area (Å²) >= 11 is 0. The third-order valence-corrected chi connectivity index (χ3v) is 4.55. The first-order valence-electron chi connectivity index (χ1n) is 9.61. The molecule has 1 aromatic carbocycles. The summed E-state index contributed by atoms with van der Waals surface area (Å²) in [5.74, 6) is 0.707. The third kappa shape index (κ3) is 6.88. The van der Waals surface area contributed by atoms with E-state index in [2.05, 4.69) is 17.2 Å². The van der Waals surface area contributed by atoms with Crippen molar-refractivity contribution >= 4 is 17.6 Å². The standard InChI is InChI=1S/C21H31N3O4/c1-15(2)13-28-19-7-5-18(6-8-19)23-21(26)24-11-9-17(10-12-24)20(25)22-16(3)14-27-4/h5-8,16-17H,1,9-14H2,2-4H3,(H,22,25)(H,23,26)/t16-/m0/s1. The van der Waals surface area contributed by atoms with E-state index in [0.717, 1.165) is 11.3 Å². The van der Waals surface area contributed by atoms with Gasteiger partial charge >= 0.3 is 6.03 Å². The molecule has 2 rings (SSSR count). The molecule has 1 saturated heterocycles. The van der Waals surface area contributed by atoms with Gasteiger partial charge in [0.25, 0.3) is 0 Å². The van der Waals surface area contributed by atoms with E-state index < -0.39 is 0 Å². The quantitative estimate of drug-likeness (QED) is 0.670. The molecule has 0 saturated carbocycles. The summed E-state index contributed by atoms with van der Waals surface area (Å²) in [5.41, 5.74) is 1.66. The number of anilines is 1. The highest BCUT2D eigenvalue weighted by molar-refractivity contribution is 5.89. The molecule has 0 aliphatic carbocycles. The minimum Gasteiger partial charge on any atom is -0.489 e. The zero-order valence-corrected chi connectivity index (χ0v) is 17.0. The number of methoxy groups -OCH3 is 1. The Morgan fingerprint density at radius 2 is 1.89 bits per heavy atom. The van der Waals surface area contributed by atoms with Crippen LogP contribution >= 0.6 is 0 Å². The second-order valence-corrected chi connectivity index (χ2v) is 7.33. The summed E-state index contributed by atoms with van der Waals surface area (Å²) in [5, 5.41) is 5.85. The first kappa shape index (κ1) is 21.8. The summed E-state index contributed by atoms with van der Waals surface area (Å²) in [7, 11) is 1.61. The fraction of sp³-hybridized carbons (Fsp3) is 0.524. The highest BCUT2D eigenvalue weighted by Crippen LogP contribution is 2.20. The number of urea groups is 1. The zero-order valence-electron chi connectivity index (χ0n) is 17.0. The molecule has 1 fully saturated rings. The van der Waals surface area contributed by atoms with Crippen molar-refractivity contribution in [3.8, 4) is 5.75 Å². The molecule has 2 N–H and O–H groups in total. The lowest BCUT2D eigenvalue weighted by atomic mass is 9.96. The number of ether oxygens (including phenoxy) is 2. The van der Waals surface area contributed by atoms with Crippen molar-refractivity contribution in [2.24, 2.45) is 5.92 Å². The first-order valence-corrected chi connectivity index (χ1v) is 9.61. The molecule has 28 heavy (non-hydrogen) atoms. The van der Waals surface area contributed by atoms with Gasteiger partial charge in [0.15, 0.2) is 0 Å². The number of likely N-dealkylation sites (tertiary alicyclic amines) is 1. The van der Waals surface area contributed by atoms with Crippen molar-refractivity contribution in [2.45, 2.75) is 32.7 Å².